The second kappa shape index (κ2) is 8.12. The summed E-state index contributed by atoms with van der Waals surface area (Å²) in [6, 6.07) is 5.38. The minimum atomic E-state index is -2.77. The highest BCUT2D eigenvalue weighted by Gasteiger charge is 2.15. The SMILES string of the molecule is C=C(F)CCc1cn2cc(NC(=O)c3cccc(C(F)F)n3)cc(OC)c2n1. The molecule has 0 radical (unpaired) electrons. The van der Waals surface area contributed by atoms with Gasteiger partial charge in [-0.2, -0.15) is 0 Å². The molecule has 0 fully saturated rings. The first-order chi connectivity index (χ1) is 13.4. The van der Waals surface area contributed by atoms with E-state index in [1.165, 1.54) is 19.2 Å². The Morgan fingerprint density at radius 2 is 2.11 bits per heavy atom. The summed E-state index contributed by atoms with van der Waals surface area (Å²) in [5, 5.41) is 2.60. The third-order valence-corrected chi connectivity index (χ3v) is 3.92. The molecule has 28 heavy (non-hydrogen) atoms. The summed E-state index contributed by atoms with van der Waals surface area (Å²) in [4.78, 5) is 20.4. The van der Waals surface area contributed by atoms with Crippen molar-refractivity contribution in [2.45, 2.75) is 19.3 Å². The molecule has 9 heteroatoms. The van der Waals surface area contributed by atoms with Gasteiger partial charge in [-0.15, -0.1) is 0 Å². The van der Waals surface area contributed by atoms with Gasteiger partial charge in [0, 0.05) is 24.9 Å². The zero-order valence-corrected chi connectivity index (χ0v) is 15.0. The predicted molar refractivity (Wildman–Crippen MR) is 97.5 cm³/mol. The van der Waals surface area contributed by atoms with Gasteiger partial charge in [0.05, 0.1) is 24.3 Å². The lowest BCUT2D eigenvalue weighted by Gasteiger charge is -2.09. The molecule has 1 N–H and O–H groups in total. The number of hydrogen-bond donors (Lipinski definition) is 1. The topological polar surface area (TPSA) is 68.5 Å². The van der Waals surface area contributed by atoms with Crippen molar-refractivity contribution < 1.29 is 22.7 Å². The Labute approximate surface area is 158 Å². The molecule has 3 heterocycles. The van der Waals surface area contributed by atoms with Crippen LogP contribution < -0.4 is 10.1 Å². The molecule has 0 atom stereocenters. The van der Waals surface area contributed by atoms with E-state index >= 15 is 0 Å². The van der Waals surface area contributed by atoms with E-state index in [2.05, 4.69) is 21.9 Å². The number of carbonyl (C=O) groups is 1. The number of pyridine rings is 2. The highest BCUT2D eigenvalue weighted by molar-refractivity contribution is 6.03. The number of ether oxygens (including phenoxy) is 1. The molecule has 146 valence electrons. The van der Waals surface area contributed by atoms with Gasteiger partial charge >= 0.3 is 0 Å². The third-order valence-electron chi connectivity index (χ3n) is 3.92. The zero-order valence-electron chi connectivity index (χ0n) is 15.0. The normalized spacial score (nSPS) is 11.0. The minimum absolute atomic E-state index is 0.135. The number of hydrogen-bond acceptors (Lipinski definition) is 4. The van der Waals surface area contributed by atoms with Crippen molar-refractivity contribution in [1.82, 2.24) is 14.4 Å². The van der Waals surface area contributed by atoms with Gasteiger partial charge in [-0.3, -0.25) is 4.79 Å². The number of carbonyl (C=O) groups excluding carboxylic acids is 1. The molecule has 0 saturated carbocycles. The molecule has 3 rings (SSSR count). The van der Waals surface area contributed by atoms with Gasteiger partial charge in [0.25, 0.3) is 12.3 Å². The number of nitrogens with one attached hydrogen (secondary N) is 1. The maximum atomic E-state index is 12.9. The highest BCUT2D eigenvalue weighted by Crippen LogP contribution is 2.25. The van der Waals surface area contributed by atoms with Crippen LogP contribution in [-0.2, 0) is 6.42 Å². The molecule has 0 aliphatic carbocycles. The summed E-state index contributed by atoms with van der Waals surface area (Å²) in [5.74, 6) is -0.689. The Kier molecular flexibility index (Phi) is 5.62. The number of fused-ring (bicyclic) bond motifs is 1. The van der Waals surface area contributed by atoms with Crippen LogP contribution in [-0.4, -0.2) is 27.4 Å². The van der Waals surface area contributed by atoms with Gasteiger partial charge in [-0.25, -0.2) is 23.1 Å². The fourth-order valence-corrected chi connectivity index (χ4v) is 2.62. The number of aryl methyl sites for hydroxylation is 1. The van der Waals surface area contributed by atoms with Gasteiger partial charge in [-0.05, 0) is 18.6 Å². The third kappa shape index (κ3) is 4.30. The van der Waals surface area contributed by atoms with E-state index in [0.717, 1.165) is 6.07 Å². The number of halogens is 3. The van der Waals surface area contributed by atoms with E-state index < -0.39 is 23.9 Å². The molecule has 0 aromatic carbocycles. The van der Waals surface area contributed by atoms with Gasteiger partial charge in [-0.1, -0.05) is 12.6 Å². The summed E-state index contributed by atoms with van der Waals surface area (Å²) in [5.41, 5.74) is 0.876. The van der Waals surface area contributed by atoms with Crippen molar-refractivity contribution >= 4 is 17.2 Å². The Morgan fingerprint density at radius 3 is 2.79 bits per heavy atom. The van der Waals surface area contributed by atoms with E-state index in [1.54, 1.807) is 22.9 Å². The number of nitrogens with zero attached hydrogens (tertiary/aromatic N) is 3. The van der Waals surface area contributed by atoms with Gasteiger partial charge < -0.3 is 14.5 Å². The number of anilines is 1. The molecule has 6 nitrogen and oxygen atoms in total. The molecule has 0 saturated heterocycles. The lowest BCUT2D eigenvalue weighted by molar-refractivity contribution is 0.102. The molecule has 0 unspecified atom stereocenters. The number of allylic oxidation sites excluding steroid dienone is 1. The van der Waals surface area contributed by atoms with Crippen LogP contribution >= 0.6 is 0 Å². The number of imidazole rings is 1. The standard InChI is InChI=1S/C19H17F3N4O2/c1-11(20)6-7-12-9-26-10-13(8-16(28-2)18(26)23-12)24-19(27)15-5-3-4-14(25-15)17(21)22/h3-5,8-10,17H,1,6-7H2,2H3,(H,24,27). The van der Waals surface area contributed by atoms with E-state index in [1.807, 2.05) is 0 Å². The van der Waals surface area contributed by atoms with E-state index in [9.17, 15) is 18.0 Å². The molecule has 0 aliphatic rings. The number of rotatable bonds is 7. The van der Waals surface area contributed by atoms with Crippen molar-refractivity contribution in [3.63, 3.8) is 0 Å². The second-order valence-electron chi connectivity index (χ2n) is 5.98. The van der Waals surface area contributed by atoms with Crippen LogP contribution in [0.25, 0.3) is 5.65 Å². The summed E-state index contributed by atoms with van der Waals surface area (Å²) in [6.07, 6.45) is 1.03. The fraction of sp³-hybridized carbons (Fsp3) is 0.211. The Morgan fingerprint density at radius 1 is 1.32 bits per heavy atom. The second-order valence-corrected chi connectivity index (χ2v) is 5.98. The zero-order chi connectivity index (χ0) is 20.3. The molecule has 0 bridgehead atoms. The van der Waals surface area contributed by atoms with Crippen LogP contribution in [0.4, 0.5) is 18.9 Å². The largest absolute Gasteiger partial charge is 0.493 e. The summed E-state index contributed by atoms with van der Waals surface area (Å²) >= 11 is 0. The lowest BCUT2D eigenvalue weighted by Crippen LogP contribution is -2.15. The number of methoxy groups -OCH3 is 1. The number of aromatic nitrogens is 3. The minimum Gasteiger partial charge on any atom is -0.493 e. The fourth-order valence-electron chi connectivity index (χ4n) is 2.62. The average molecular weight is 390 g/mol. The van der Waals surface area contributed by atoms with Crippen molar-refractivity contribution in [2.75, 3.05) is 12.4 Å². The molecule has 0 spiro atoms. The monoisotopic (exact) mass is 390 g/mol. The Hall–Kier alpha value is -3.36. The molecule has 3 aromatic rings. The quantitative estimate of drug-likeness (QED) is 0.652. The van der Waals surface area contributed by atoms with Crippen LogP contribution in [0, 0.1) is 0 Å². The molecule has 1 amide bonds. The number of alkyl halides is 2. The predicted octanol–water partition coefficient (Wildman–Crippen LogP) is 4.34. The first-order valence-corrected chi connectivity index (χ1v) is 8.32. The number of amides is 1. The Balaban J connectivity index is 1.87. The molecular formula is C19H17F3N4O2. The van der Waals surface area contributed by atoms with Crippen molar-refractivity contribution in [3.05, 3.63) is 66.1 Å². The Bertz CT molecular complexity index is 1030. The van der Waals surface area contributed by atoms with Crippen LogP contribution in [0.5, 0.6) is 5.75 Å². The highest BCUT2D eigenvalue weighted by atomic mass is 19.3. The van der Waals surface area contributed by atoms with Crippen molar-refractivity contribution in [3.8, 4) is 5.75 Å². The van der Waals surface area contributed by atoms with Crippen LogP contribution in [0.2, 0.25) is 0 Å². The maximum absolute atomic E-state index is 12.9. The maximum Gasteiger partial charge on any atom is 0.280 e. The molecule has 3 aromatic heterocycles. The first kappa shape index (κ1) is 19.4. The van der Waals surface area contributed by atoms with Crippen LogP contribution in [0.1, 0.15) is 34.7 Å². The van der Waals surface area contributed by atoms with Crippen LogP contribution in [0.3, 0.4) is 0 Å². The van der Waals surface area contributed by atoms with E-state index in [0.29, 0.717) is 29.2 Å². The van der Waals surface area contributed by atoms with E-state index in [4.69, 9.17) is 4.74 Å². The van der Waals surface area contributed by atoms with Crippen LogP contribution in [0.15, 0.2) is 49.1 Å². The smallest absolute Gasteiger partial charge is 0.280 e. The summed E-state index contributed by atoms with van der Waals surface area (Å²) < 4.78 is 45.4. The van der Waals surface area contributed by atoms with E-state index in [-0.39, 0.29) is 12.1 Å². The average Bonchev–Trinajstić information content (AvgIpc) is 3.08. The van der Waals surface area contributed by atoms with Crippen molar-refractivity contribution in [1.29, 1.82) is 0 Å². The lowest BCUT2D eigenvalue weighted by atomic mass is 10.2. The van der Waals surface area contributed by atoms with Crippen molar-refractivity contribution in [2.24, 2.45) is 0 Å². The summed E-state index contributed by atoms with van der Waals surface area (Å²) in [7, 11) is 1.45. The molecule has 0 aliphatic heterocycles. The first-order valence-electron chi connectivity index (χ1n) is 8.32. The summed E-state index contributed by atoms with van der Waals surface area (Å²) in [6.45, 7) is 3.22. The van der Waals surface area contributed by atoms with Gasteiger partial charge in [0.15, 0.2) is 11.4 Å². The van der Waals surface area contributed by atoms with Gasteiger partial charge in [0.1, 0.15) is 11.4 Å². The molecular weight excluding hydrogens is 373 g/mol. The van der Waals surface area contributed by atoms with Gasteiger partial charge in [0.2, 0.25) is 0 Å².